The zero-order valence-electron chi connectivity index (χ0n) is 11.7. The summed E-state index contributed by atoms with van der Waals surface area (Å²) in [7, 11) is 0. The van der Waals surface area contributed by atoms with E-state index in [4.69, 9.17) is 10.5 Å². The molecule has 0 spiro atoms. The Labute approximate surface area is 118 Å². The van der Waals surface area contributed by atoms with Crippen molar-refractivity contribution in [2.75, 3.05) is 19.7 Å². The second kappa shape index (κ2) is 6.70. The van der Waals surface area contributed by atoms with Gasteiger partial charge in [0.15, 0.2) is 6.61 Å². The highest BCUT2D eigenvalue weighted by atomic mass is 19.1. The zero-order chi connectivity index (χ0) is 14.5. The van der Waals surface area contributed by atoms with Crippen LogP contribution in [0.1, 0.15) is 19.8 Å². The Balaban J connectivity index is 1.85. The van der Waals surface area contributed by atoms with Gasteiger partial charge in [0.05, 0.1) is 0 Å². The van der Waals surface area contributed by atoms with Gasteiger partial charge in [-0.3, -0.25) is 4.79 Å². The van der Waals surface area contributed by atoms with Crippen LogP contribution in [0, 0.1) is 11.7 Å². The van der Waals surface area contributed by atoms with E-state index in [2.05, 4.69) is 0 Å². The van der Waals surface area contributed by atoms with Crippen LogP contribution in [0.4, 0.5) is 4.39 Å². The molecule has 1 heterocycles. The number of ether oxygens (including phenoxy) is 1. The number of carbonyl (C=O) groups excluding carboxylic acids is 1. The van der Waals surface area contributed by atoms with E-state index in [0.717, 1.165) is 19.4 Å². The maximum atomic E-state index is 13.0. The summed E-state index contributed by atoms with van der Waals surface area (Å²) in [6.07, 6.45) is 2.03. The van der Waals surface area contributed by atoms with Gasteiger partial charge in [-0.25, -0.2) is 4.39 Å². The summed E-state index contributed by atoms with van der Waals surface area (Å²) >= 11 is 0. The SMILES string of the molecule is CC(N)C1CCCN(C(=O)COc2cccc(F)c2)C1. The van der Waals surface area contributed by atoms with Crippen LogP contribution in [0.25, 0.3) is 0 Å². The molecule has 1 amide bonds. The number of piperidine rings is 1. The number of amides is 1. The molecular formula is C15H21FN2O2. The molecule has 1 aromatic carbocycles. The fourth-order valence-corrected chi connectivity index (χ4v) is 2.46. The standard InChI is InChI=1S/C15H21FN2O2/c1-11(17)12-4-3-7-18(9-12)15(19)10-20-14-6-2-5-13(16)8-14/h2,5-6,8,11-12H,3-4,7,9-10,17H2,1H3. The van der Waals surface area contributed by atoms with Gasteiger partial charge in [0.2, 0.25) is 0 Å². The maximum absolute atomic E-state index is 13.0. The van der Waals surface area contributed by atoms with Crippen LogP contribution in [0.15, 0.2) is 24.3 Å². The van der Waals surface area contributed by atoms with Crippen molar-refractivity contribution in [1.82, 2.24) is 4.90 Å². The Morgan fingerprint density at radius 1 is 1.60 bits per heavy atom. The normalized spacial score (nSPS) is 20.6. The van der Waals surface area contributed by atoms with Crippen LogP contribution in [0.5, 0.6) is 5.75 Å². The summed E-state index contributed by atoms with van der Waals surface area (Å²) in [6.45, 7) is 3.34. The Hall–Kier alpha value is -1.62. The Bertz CT molecular complexity index is 465. The molecule has 1 fully saturated rings. The van der Waals surface area contributed by atoms with Crippen molar-refractivity contribution in [2.45, 2.75) is 25.8 Å². The largest absolute Gasteiger partial charge is 0.484 e. The molecule has 2 atom stereocenters. The third-order valence-electron chi connectivity index (χ3n) is 3.71. The van der Waals surface area contributed by atoms with E-state index in [9.17, 15) is 9.18 Å². The fourth-order valence-electron chi connectivity index (χ4n) is 2.46. The monoisotopic (exact) mass is 280 g/mol. The highest BCUT2D eigenvalue weighted by molar-refractivity contribution is 5.77. The van der Waals surface area contributed by atoms with Gasteiger partial charge in [-0.15, -0.1) is 0 Å². The third kappa shape index (κ3) is 3.93. The van der Waals surface area contributed by atoms with E-state index in [1.165, 1.54) is 12.1 Å². The molecule has 2 unspecified atom stereocenters. The summed E-state index contributed by atoms with van der Waals surface area (Å²) in [5.41, 5.74) is 5.90. The molecule has 1 aliphatic heterocycles. The summed E-state index contributed by atoms with van der Waals surface area (Å²) in [5.74, 6) is 0.283. The van der Waals surface area contributed by atoms with E-state index >= 15 is 0 Å². The number of nitrogens with two attached hydrogens (primary N) is 1. The number of carbonyl (C=O) groups is 1. The van der Waals surface area contributed by atoms with Crippen LogP contribution in [0.3, 0.4) is 0 Å². The second-order valence-electron chi connectivity index (χ2n) is 5.35. The Morgan fingerprint density at radius 3 is 3.10 bits per heavy atom. The van der Waals surface area contributed by atoms with Gasteiger partial charge in [0.25, 0.3) is 5.91 Å². The second-order valence-corrected chi connectivity index (χ2v) is 5.35. The van der Waals surface area contributed by atoms with Crippen LogP contribution in [-0.2, 0) is 4.79 Å². The predicted octanol–water partition coefficient (Wildman–Crippen LogP) is 1.79. The smallest absolute Gasteiger partial charge is 0.260 e. The van der Waals surface area contributed by atoms with E-state index in [1.807, 2.05) is 6.92 Å². The lowest BCUT2D eigenvalue weighted by Crippen LogP contribution is -2.46. The van der Waals surface area contributed by atoms with Crippen LogP contribution in [-0.4, -0.2) is 36.5 Å². The summed E-state index contributed by atoms with van der Waals surface area (Å²) < 4.78 is 18.3. The minimum Gasteiger partial charge on any atom is -0.484 e. The molecule has 0 aromatic heterocycles. The number of halogens is 1. The predicted molar refractivity (Wildman–Crippen MR) is 74.8 cm³/mol. The number of hydrogen-bond acceptors (Lipinski definition) is 3. The van der Waals surface area contributed by atoms with Gasteiger partial charge in [0.1, 0.15) is 11.6 Å². The fraction of sp³-hybridized carbons (Fsp3) is 0.533. The van der Waals surface area contributed by atoms with Crippen molar-refractivity contribution in [3.63, 3.8) is 0 Å². The highest BCUT2D eigenvalue weighted by Gasteiger charge is 2.25. The van der Waals surface area contributed by atoms with Crippen LogP contribution < -0.4 is 10.5 Å². The molecule has 0 saturated carbocycles. The molecule has 4 nitrogen and oxygen atoms in total. The molecule has 110 valence electrons. The highest BCUT2D eigenvalue weighted by Crippen LogP contribution is 2.19. The number of nitrogens with zero attached hydrogens (tertiary/aromatic N) is 1. The van der Waals surface area contributed by atoms with Crippen molar-refractivity contribution in [2.24, 2.45) is 11.7 Å². The summed E-state index contributed by atoms with van der Waals surface area (Å²) in [5, 5.41) is 0. The number of likely N-dealkylation sites (tertiary alicyclic amines) is 1. The molecular weight excluding hydrogens is 259 g/mol. The van der Waals surface area contributed by atoms with Crippen molar-refractivity contribution in [3.8, 4) is 5.75 Å². The number of rotatable bonds is 4. The molecule has 0 bridgehead atoms. The van der Waals surface area contributed by atoms with Crippen molar-refractivity contribution < 1.29 is 13.9 Å². The van der Waals surface area contributed by atoms with Gasteiger partial charge in [-0.2, -0.15) is 0 Å². The Morgan fingerprint density at radius 2 is 2.40 bits per heavy atom. The number of benzene rings is 1. The molecule has 20 heavy (non-hydrogen) atoms. The maximum Gasteiger partial charge on any atom is 0.260 e. The van der Waals surface area contributed by atoms with E-state index in [1.54, 1.807) is 17.0 Å². The summed E-state index contributed by atoms with van der Waals surface area (Å²) in [4.78, 5) is 13.9. The van der Waals surface area contributed by atoms with Crippen molar-refractivity contribution in [3.05, 3.63) is 30.1 Å². The minimum absolute atomic E-state index is 0.0604. The Kier molecular flexibility index (Phi) is 4.95. The van der Waals surface area contributed by atoms with E-state index in [-0.39, 0.29) is 24.4 Å². The van der Waals surface area contributed by atoms with Gasteiger partial charge < -0.3 is 15.4 Å². The first-order chi connectivity index (χ1) is 9.56. The average molecular weight is 280 g/mol. The first-order valence-corrected chi connectivity index (χ1v) is 6.98. The number of hydrogen-bond donors (Lipinski definition) is 1. The molecule has 1 aromatic rings. The molecule has 5 heteroatoms. The first kappa shape index (κ1) is 14.8. The minimum atomic E-state index is -0.370. The lowest BCUT2D eigenvalue weighted by atomic mass is 9.92. The van der Waals surface area contributed by atoms with Crippen LogP contribution in [0.2, 0.25) is 0 Å². The van der Waals surface area contributed by atoms with Gasteiger partial charge in [-0.05, 0) is 37.8 Å². The topological polar surface area (TPSA) is 55.6 Å². The van der Waals surface area contributed by atoms with E-state index in [0.29, 0.717) is 18.2 Å². The van der Waals surface area contributed by atoms with Crippen molar-refractivity contribution in [1.29, 1.82) is 0 Å². The molecule has 1 saturated heterocycles. The molecule has 0 aliphatic carbocycles. The molecule has 0 radical (unpaired) electrons. The lowest BCUT2D eigenvalue weighted by Gasteiger charge is -2.34. The quantitative estimate of drug-likeness (QED) is 0.915. The third-order valence-corrected chi connectivity index (χ3v) is 3.71. The van der Waals surface area contributed by atoms with Gasteiger partial charge in [-0.1, -0.05) is 6.07 Å². The van der Waals surface area contributed by atoms with Crippen LogP contribution >= 0.6 is 0 Å². The lowest BCUT2D eigenvalue weighted by molar-refractivity contribution is -0.135. The zero-order valence-corrected chi connectivity index (χ0v) is 11.7. The van der Waals surface area contributed by atoms with Crippen molar-refractivity contribution >= 4 is 5.91 Å². The molecule has 1 aliphatic rings. The van der Waals surface area contributed by atoms with E-state index < -0.39 is 0 Å². The van der Waals surface area contributed by atoms with Gasteiger partial charge >= 0.3 is 0 Å². The first-order valence-electron chi connectivity index (χ1n) is 6.98. The molecule has 2 rings (SSSR count). The average Bonchev–Trinajstić information content (AvgIpc) is 2.45. The summed E-state index contributed by atoms with van der Waals surface area (Å²) in [6, 6.07) is 5.90. The molecule has 2 N–H and O–H groups in total. The van der Waals surface area contributed by atoms with Gasteiger partial charge in [0, 0.05) is 25.2 Å².